The minimum Gasteiger partial charge on any atom is -0.469 e. The number of Topliss-reactive ketones (excluding diaryl/α,β-unsaturated/α-hetero) is 1. The van der Waals surface area contributed by atoms with Crippen molar-refractivity contribution < 1.29 is 23.9 Å². The number of carbonyl (C=O) groups is 3. The number of ether oxygens (including phenoxy) is 2. The van der Waals surface area contributed by atoms with Gasteiger partial charge in [0.1, 0.15) is 5.15 Å². The minimum absolute atomic E-state index is 0.0590. The van der Waals surface area contributed by atoms with Gasteiger partial charge in [-0.25, -0.2) is 9.78 Å². The van der Waals surface area contributed by atoms with Crippen LogP contribution in [0.3, 0.4) is 0 Å². The Labute approximate surface area is 175 Å². The third kappa shape index (κ3) is 5.44. The van der Waals surface area contributed by atoms with E-state index in [0.29, 0.717) is 36.2 Å². The first-order chi connectivity index (χ1) is 13.6. The standard InChI is InChI=1S/C21H25ClN2O5/c1-12-9-13(2)23-20(22)19(12)21(27)29-11-17(25)16-10-14(3)24(15(16)4)8-6-7-18(26)28-5/h9-10H,6-8,11H2,1-5H3. The molecule has 0 aliphatic heterocycles. The Hall–Kier alpha value is -2.67. The fourth-order valence-electron chi connectivity index (χ4n) is 3.23. The second-order valence-corrected chi connectivity index (χ2v) is 7.22. The van der Waals surface area contributed by atoms with Crippen molar-refractivity contribution in [2.45, 2.75) is 47.1 Å². The van der Waals surface area contributed by atoms with Gasteiger partial charge in [-0.2, -0.15) is 0 Å². The third-order valence-corrected chi connectivity index (χ3v) is 4.98. The van der Waals surface area contributed by atoms with E-state index in [-0.39, 0.29) is 22.5 Å². The highest BCUT2D eigenvalue weighted by Gasteiger charge is 2.21. The number of hydrogen-bond donors (Lipinski definition) is 0. The number of rotatable bonds is 8. The third-order valence-electron chi connectivity index (χ3n) is 4.70. The van der Waals surface area contributed by atoms with Crippen LogP contribution < -0.4 is 0 Å². The average molecular weight is 421 g/mol. The quantitative estimate of drug-likeness (QED) is 0.367. The van der Waals surface area contributed by atoms with Crippen LogP contribution >= 0.6 is 11.6 Å². The highest BCUT2D eigenvalue weighted by Crippen LogP contribution is 2.21. The number of aromatic nitrogens is 2. The fraction of sp³-hybridized carbons (Fsp3) is 0.429. The van der Waals surface area contributed by atoms with Crippen LogP contribution in [0.4, 0.5) is 0 Å². The normalized spacial score (nSPS) is 10.7. The summed E-state index contributed by atoms with van der Waals surface area (Å²) in [6, 6.07) is 3.49. The lowest BCUT2D eigenvalue weighted by Gasteiger charge is -2.10. The summed E-state index contributed by atoms with van der Waals surface area (Å²) in [4.78, 5) is 40.3. The molecule has 2 aromatic rings. The number of methoxy groups -OCH3 is 1. The number of carbonyl (C=O) groups excluding carboxylic acids is 3. The molecule has 0 aliphatic carbocycles. The average Bonchev–Trinajstić information content (AvgIpc) is 2.93. The molecule has 0 unspecified atom stereocenters. The SMILES string of the molecule is COC(=O)CCCn1c(C)cc(C(=O)COC(=O)c2c(C)cc(C)nc2Cl)c1C. The summed E-state index contributed by atoms with van der Waals surface area (Å²) in [5, 5.41) is 0.0590. The Morgan fingerprint density at radius 2 is 1.83 bits per heavy atom. The van der Waals surface area contributed by atoms with Gasteiger partial charge >= 0.3 is 11.9 Å². The fourth-order valence-corrected chi connectivity index (χ4v) is 3.59. The van der Waals surface area contributed by atoms with Gasteiger partial charge in [0.15, 0.2) is 6.61 Å². The first-order valence-corrected chi connectivity index (χ1v) is 9.61. The van der Waals surface area contributed by atoms with Crippen LogP contribution in [0.5, 0.6) is 0 Å². The molecule has 0 bridgehead atoms. The number of aryl methyl sites for hydroxylation is 3. The molecule has 0 amide bonds. The molecule has 0 fully saturated rings. The van der Waals surface area contributed by atoms with Gasteiger partial charge in [0.2, 0.25) is 5.78 Å². The first kappa shape index (κ1) is 22.6. The number of esters is 2. The van der Waals surface area contributed by atoms with Crippen molar-refractivity contribution in [1.82, 2.24) is 9.55 Å². The van der Waals surface area contributed by atoms with Crippen LogP contribution in [0.15, 0.2) is 12.1 Å². The molecule has 7 nitrogen and oxygen atoms in total. The van der Waals surface area contributed by atoms with Gasteiger partial charge in [-0.3, -0.25) is 9.59 Å². The maximum atomic E-state index is 12.6. The Morgan fingerprint density at radius 3 is 2.45 bits per heavy atom. The van der Waals surface area contributed by atoms with Gasteiger partial charge in [0, 0.05) is 35.6 Å². The van der Waals surface area contributed by atoms with Crippen molar-refractivity contribution in [3.63, 3.8) is 0 Å². The van der Waals surface area contributed by atoms with E-state index in [1.165, 1.54) is 7.11 Å². The van der Waals surface area contributed by atoms with E-state index in [1.807, 2.05) is 18.4 Å². The zero-order valence-electron chi connectivity index (χ0n) is 17.3. The molecule has 0 N–H and O–H groups in total. The smallest absolute Gasteiger partial charge is 0.342 e. The van der Waals surface area contributed by atoms with E-state index in [1.54, 1.807) is 26.0 Å². The summed E-state index contributed by atoms with van der Waals surface area (Å²) in [7, 11) is 1.36. The molecule has 29 heavy (non-hydrogen) atoms. The maximum Gasteiger partial charge on any atom is 0.342 e. The molecule has 2 rings (SSSR count). The molecular weight excluding hydrogens is 396 g/mol. The van der Waals surface area contributed by atoms with Gasteiger partial charge in [-0.05, 0) is 51.8 Å². The molecule has 8 heteroatoms. The van der Waals surface area contributed by atoms with Crippen molar-refractivity contribution in [3.05, 3.63) is 51.1 Å². The van der Waals surface area contributed by atoms with Gasteiger partial charge < -0.3 is 14.0 Å². The Morgan fingerprint density at radius 1 is 1.14 bits per heavy atom. The number of nitrogens with zero attached hydrogens (tertiary/aromatic N) is 2. The Balaban J connectivity index is 2.05. The molecule has 2 aromatic heterocycles. The van der Waals surface area contributed by atoms with E-state index in [0.717, 1.165) is 11.4 Å². The molecule has 0 atom stereocenters. The molecular formula is C21H25ClN2O5. The largest absolute Gasteiger partial charge is 0.469 e. The molecule has 0 aromatic carbocycles. The van der Waals surface area contributed by atoms with E-state index in [4.69, 9.17) is 16.3 Å². The van der Waals surface area contributed by atoms with E-state index in [9.17, 15) is 14.4 Å². The number of hydrogen-bond acceptors (Lipinski definition) is 6. The summed E-state index contributed by atoms with van der Waals surface area (Å²) < 4.78 is 11.8. The van der Waals surface area contributed by atoms with Crippen molar-refractivity contribution in [2.24, 2.45) is 0 Å². The van der Waals surface area contributed by atoms with Crippen LogP contribution in [-0.2, 0) is 20.8 Å². The monoisotopic (exact) mass is 420 g/mol. The van der Waals surface area contributed by atoms with Crippen molar-refractivity contribution in [3.8, 4) is 0 Å². The lowest BCUT2D eigenvalue weighted by molar-refractivity contribution is -0.140. The van der Waals surface area contributed by atoms with Crippen LogP contribution in [0.25, 0.3) is 0 Å². The Bertz CT molecular complexity index is 926. The topological polar surface area (TPSA) is 87.5 Å². The first-order valence-electron chi connectivity index (χ1n) is 9.23. The second kappa shape index (κ2) is 9.69. The molecule has 0 aliphatic rings. The van der Waals surface area contributed by atoms with E-state index < -0.39 is 12.6 Å². The summed E-state index contributed by atoms with van der Waals surface area (Å²) in [6.45, 7) is 7.41. The summed E-state index contributed by atoms with van der Waals surface area (Å²) in [5.41, 5.74) is 3.64. The zero-order chi connectivity index (χ0) is 21.7. The molecule has 0 saturated carbocycles. The van der Waals surface area contributed by atoms with Gasteiger partial charge in [-0.15, -0.1) is 0 Å². The lowest BCUT2D eigenvalue weighted by Crippen LogP contribution is -2.16. The highest BCUT2D eigenvalue weighted by atomic mass is 35.5. The zero-order valence-corrected chi connectivity index (χ0v) is 18.1. The van der Waals surface area contributed by atoms with Crippen molar-refractivity contribution in [2.75, 3.05) is 13.7 Å². The number of ketones is 1. The summed E-state index contributed by atoms with van der Waals surface area (Å²) in [6.07, 6.45) is 0.906. The van der Waals surface area contributed by atoms with Gasteiger partial charge in [0.05, 0.1) is 12.7 Å². The van der Waals surface area contributed by atoms with E-state index in [2.05, 4.69) is 9.72 Å². The number of pyridine rings is 1. The predicted molar refractivity (Wildman–Crippen MR) is 108 cm³/mol. The molecule has 0 radical (unpaired) electrons. The highest BCUT2D eigenvalue weighted by molar-refractivity contribution is 6.32. The van der Waals surface area contributed by atoms with Crippen LogP contribution in [-0.4, -0.2) is 41.0 Å². The van der Waals surface area contributed by atoms with Gasteiger partial charge in [0.25, 0.3) is 0 Å². The Kier molecular flexibility index (Phi) is 7.56. The maximum absolute atomic E-state index is 12.6. The summed E-state index contributed by atoms with van der Waals surface area (Å²) >= 11 is 6.06. The van der Waals surface area contributed by atoms with Crippen molar-refractivity contribution >= 4 is 29.3 Å². The van der Waals surface area contributed by atoms with Crippen LogP contribution in [0, 0.1) is 27.7 Å². The van der Waals surface area contributed by atoms with Crippen LogP contribution in [0.2, 0.25) is 5.15 Å². The minimum atomic E-state index is -0.680. The lowest BCUT2D eigenvalue weighted by atomic mass is 10.1. The number of halogens is 1. The second-order valence-electron chi connectivity index (χ2n) is 6.86. The molecule has 2 heterocycles. The van der Waals surface area contributed by atoms with E-state index >= 15 is 0 Å². The summed E-state index contributed by atoms with van der Waals surface area (Å²) in [5.74, 6) is -1.25. The predicted octanol–water partition coefficient (Wildman–Crippen LogP) is 3.76. The molecule has 156 valence electrons. The van der Waals surface area contributed by atoms with Crippen molar-refractivity contribution in [1.29, 1.82) is 0 Å². The van der Waals surface area contributed by atoms with Gasteiger partial charge in [-0.1, -0.05) is 11.6 Å². The molecule has 0 saturated heterocycles. The molecule has 0 spiro atoms. The van der Waals surface area contributed by atoms with Crippen LogP contribution in [0.1, 0.15) is 56.2 Å².